The van der Waals surface area contributed by atoms with E-state index < -0.39 is 17.8 Å². The van der Waals surface area contributed by atoms with E-state index in [4.69, 9.17) is 4.74 Å². The van der Waals surface area contributed by atoms with Crippen molar-refractivity contribution < 1.29 is 27.5 Å². The summed E-state index contributed by atoms with van der Waals surface area (Å²) in [5.74, 6) is 0.554. The number of methoxy groups -OCH3 is 1. The molecule has 0 saturated carbocycles. The van der Waals surface area contributed by atoms with Crippen LogP contribution in [0.5, 0.6) is 5.75 Å². The van der Waals surface area contributed by atoms with E-state index in [1.54, 1.807) is 12.0 Å². The van der Waals surface area contributed by atoms with Gasteiger partial charge in [0.25, 0.3) is 5.91 Å². The number of anilines is 1. The smallest absolute Gasteiger partial charge is 0.418 e. The molecular formula is C31H29F3N4O3. The average molecular weight is 563 g/mol. The summed E-state index contributed by atoms with van der Waals surface area (Å²) in [4.78, 5) is 29.6. The monoisotopic (exact) mass is 562 g/mol. The lowest BCUT2D eigenvalue weighted by molar-refractivity contribution is -0.136. The molecule has 41 heavy (non-hydrogen) atoms. The van der Waals surface area contributed by atoms with Gasteiger partial charge >= 0.3 is 12.2 Å². The van der Waals surface area contributed by atoms with E-state index in [1.807, 2.05) is 72.2 Å². The van der Waals surface area contributed by atoms with Crippen molar-refractivity contribution >= 4 is 17.6 Å². The number of para-hydroxylation sites is 2. The van der Waals surface area contributed by atoms with Crippen LogP contribution in [0.25, 0.3) is 16.9 Å². The highest BCUT2D eigenvalue weighted by atomic mass is 19.4. The predicted molar refractivity (Wildman–Crippen MR) is 150 cm³/mol. The molecule has 0 unspecified atom stereocenters. The maximum absolute atomic E-state index is 13.7. The Bertz CT molecular complexity index is 1540. The first-order valence-corrected chi connectivity index (χ1v) is 13.1. The molecule has 1 aliphatic rings. The molecule has 0 radical (unpaired) electrons. The molecule has 1 aromatic heterocycles. The topological polar surface area (TPSA) is 66.8 Å². The first-order chi connectivity index (χ1) is 19.7. The number of nitrogens with one attached hydrogen (secondary N) is 1. The summed E-state index contributed by atoms with van der Waals surface area (Å²) in [5, 5.41) is 2.38. The molecule has 0 spiro atoms. The summed E-state index contributed by atoms with van der Waals surface area (Å²) in [7, 11) is 1.60. The number of aromatic nitrogens is 1. The number of amides is 3. The van der Waals surface area contributed by atoms with E-state index in [1.165, 1.54) is 23.1 Å². The Balaban J connectivity index is 1.34. The minimum absolute atomic E-state index is 0.172. The zero-order valence-electron chi connectivity index (χ0n) is 22.6. The number of hydrogen-bond acceptors (Lipinski definition) is 3. The number of rotatable bonds is 5. The zero-order valence-corrected chi connectivity index (χ0v) is 22.6. The molecule has 0 atom stereocenters. The molecule has 7 nitrogen and oxygen atoms in total. The number of urea groups is 1. The SMILES string of the molecule is COc1ccc(-c2cc(C(=O)N3CCN(C(=O)Nc4ccccc4C(F)(F)F)CC3)c(C)n2-c2ccccc2)cc1. The van der Waals surface area contributed by atoms with Gasteiger partial charge < -0.3 is 24.4 Å². The van der Waals surface area contributed by atoms with Crippen molar-refractivity contribution in [3.8, 4) is 22.7 Å². The van der Waals surface area contributed by atoms with Crippen molar-refractivity contribution in [1.29, 1.82) is 0 Å². The summed E-state index contributed by atoms with van der Waals surface area (Å²) < 4.78 is 47.4. The molecule has 3 amide bonds. The fraction of sp³-hybridized carbons (Fsp3) is 0.226. The highest BCUT2D eigenvalue weighted by molar-refractivity contribution is 5.98. The molecule has 2 heterocycles. The largest absolute Gasteiger partial charge is 0.497 e. The van der Waals surface area contributed by atoms with Gasteiger partial charge in [-0.05, 0) is 67.1 Å². The number of halogens is 3. The van der Waals surface area contributed by atoms with Gasteiger partial charge in [-0.3, -0.25) is 4.79 Å². The van der Waals surface area contributed by atoms with Gasteiger partial charge in [0, 0.05) is 37.6 Å². The number of benzene rings is 3. The first kappa shape index (κ1) is 27.8. The molecule has 3 aromatic carbocycles. The Morgan fingerprint density at radius 3 is 2.07 bits per heavy atom. The minimum atomic E-state index is -4.59. The second-order valence-electron chi connectivity index (χ2n) is 9.68. The van der Waals surface area contributed by atoms with E-state index >= 15 is 0 Å². The third-order valence-electron chi connectivity index (χ3n) is 7.21. The van der Waals surface area contributed by atoms with Crippen LogP contribution in [0.15, 0.2) is 84.9 Å². The lowest BCUT2D eigenvalue weighted by Crippen LogP contribution is -2.51. The molecule has 1 aliphatic heterocycles. The summed E-state index contributed by atoms with van der Waals surface area (Å²) in [6.45, 7) is 2.78. The fourth-order valence-corrected chi connectivity index (χ4v) is 5.02. The maximum atomic E-state index is 13.7. The number of ether oxygens (including phenoxy) is 1. The number of nitrogens with zero attached hydrogens (tertiary/aromatic N) is 3. The standard InChI is InChI=1S/C31H29F3N4O3/c1-21-25(20-28(22-12-14-24(41-2)15-13-22)38(21)23-8-4-3-5-9-23)29(39)36-16-18-37(19-17-36)30(40)35-27-11-7-6-10-26(27)31(32,33)34/h3-15,20H,16-19H2,1-2H3,(H,35,40). The molecule has 1 fully saturated rings. The van der Waals surface area contributed by atoms with Gasteiger partial charge in [0.15, 0.2) is 0 Å². The summed E-state index contributed by atoms with van der Waals surface area (Å²) >= 11 is 0. The highest BCUT2D eigenvalue weighted by Gasteiger charge is 2.34. The van der Waals surface area contributed by atoms with Gasteiger partial charge in [-0.15, -0.1) is 0 Å². The second kappa shape index (κ2) is 11.4. The van der Waals surface area contributed by atoms with E-state index in [9.17, 15) is 22.8 Å². The van der Waals surface area contributed by atoms with Gasteiger partial charge in [0.05, 0.1) is 29.6 Å². The molecule has 1 saturated heterocycles. The van der Waals surface area contributed by atoms with Crippen LogP contribution in [-0.2, 0) is 6.18 Å². The summed E-state index contributed by atoms with van der Waals surface area (Å²) in [5.41, 5.74) is 2.78. The molecular weight excluding hydrogens is 533 g/mol. The van der Waals surface area contributed by atoms with Crippen molar-refractivity contribution in [1.82, 2.24) is 14.4 Å². The van der Waals surface area contributed by atoms with Crippen molar-refractivity contribution in [2.45, 2.75) is 13.1 Å². The summed E-state index contributed by atoms with van der Waals surface area (Å²) in [6.07, 6.45) is -4.59. The van der Waals surface area contributed by atoms with Crippen LogP contribution in [0.2, 0.25) is 0 Å². The molecule has 5 rings (SSSR count). The number of alkyl halides is 3. The Morgan fingerprint density at radius 1 is 0.829 bits per heavy atom. The number of carbonyl (C=O) groups excluding carboxylic acids is 2. The second-order valence-corrected chi connectivity index (χ2v) is 9.68. The quantitative estimate of drug-likeness (QED) is 0.303. The first-order valence-electron chi connectivity index (χ1n) is 13.1. The van der Waals surface area contributed by atoms with Crippen LogP contribution in [-0.4, -0.2) is 59.6 Å². The summed E-state index contributed by atoms with van der Waals surface area (Å²) in [6, 6.07) is 23.5. The van der Waals surface area contributed by atoms with E-state index in [-0.39, 0.29) is 37.8 Å². The molecule has 10 heteroatoms. The number of piperazine rings is 1. The Labute approximate surface area is 235 Å². The minimum Gasteiger partial charge on any atom is -0.497 e. The number of hydrogen-bond donors (Lipinski definition) is 1. The van der Waals surface area contributed by atoms with Gasteiger partial charge in [-0.1, -0.05) is 30.3 Å². The van der Waals surface area contributed by atoms with E-state index in [0.717, 1.165) is 34.5 Å². The Kier molecular flexibility index (Phi) is 7.74. The highest BCUT2D eigenvalue weighted by Crippen LogP contribution is 2.35. The van der Waals surface area contributed by atoms with Crippen molar-refractivity contribution in [2.75, 3.05) is 38.6 Å². The van der Waals surface area contributed by atoms with Crippen molar-refractivity contribution in [3.63, 3.8) is 0 Å². The fourth-order valence-electron chi connectivity index (χ4n) is 5.02. The lowest BCUT2D eigenvalue weighted by Gasteiger charge is -2.35. The normalized spacial score (nSPS) is 13.7. The molecule has 0 aliphatic carbocycles. The van der Waals surface area contributed by atoms with Crippen LogP contribution in [0.3, 0.4) is 0 Å². The Hall–Kier alpha value is -4.73. The predicted octanol–water partition coefficient (Wildman–Crippen LogP) is 6.47. The molecule has 212 valence electrons. The third kappa shape index (κ3) is 5.77. The van der Waals surface area contributed by atoms with Gasteiger partial charge in [-0.25, -0.2) is 4.79 Å². The van der Waals surface area contributed by atoms with Crippen molar-refractivity contribution in [3.05, 3.63) is 102 Å². The molecule has 0 bridgehead atoms. The Morgan fingerprint density at radius 2 is 1.44 bits per heavy atom. The van der Waals surface area contributed by atoms with Crippen LogP contribution < -0.4 is 10.1 Å². The van der Waals surface area contributed by atoms with Crippen LogP contribution in [0, 0.1) is 6.92 Å². The van der Waals surface area contributed by atoms with Crippen LogP contribution >= 0.6 is 0 Å². The molecule has 4 aromatic rings. The van der Waals surface area contributed by atoms with Crippen LogP contribution in [0.1, 0.15) is 21.6 Å². The van der Waals surface area contributed by atoms with E-state index in [0.29, 0.717) is 5.56 Å². The maximum Gasteiger partial charge on any atom is 0.418 e. The van der Waals surface area contributed by atoms with Gasteiger partial charge in [0.1, 0.15) is 5.75 Å². The van der Waals surface area contributed by atoms with E-state index in [2.05, 4.69) is 5.32 Å². The van der Waals surface area contributed by atoms with Gasteiger partial charge in [0.2, 0.25) is 0 Å². The lowest BCUT2D eigenvalue weighted by atomic mass is 10.1. The number of carbonyl (C=O) groups is 2. The molecule has 1 N–H and O–H groups in total. The van der Waals surface area contributed by atoms with Crippen LogP contribution in [0.4, 0.5) is 23.7 Å². The zero-order chi connectivity index (χ0) is 29.1. The van der Waals surface area contributed by atoms with Crippen molar-refractivity contribution in [2.24, 2.45) is 0 Å². The average Bonchev–Trinajstić information content (AvgIpc) is 3.33. The third-order valence-corrected chi connectivity index (χ3v) is 7.21. The van der Waals surface area contributed by atoms with Gasteiger partial charge in [-0.2, -0.15) is 13.2 Å².